The number of hydrogen-bond acceptors (Lipinski definition) is 7. The molecule has 43 heavy (non-hydrogen) atoms. The zero-order valence-corrected chi connectivity index (χ0v) is 25.0. The van der Waals surface area contributed by atoms with E-state index in [0.29, 0.717) is 50.7 Å². The van der Waals surface area contributed by atoms with E-state index in [0.717, 1.165) is 56.3 Å². The minimum Gasteiger partial charge on any atom is -0.491 e. The van der Waals surface area contributed by atoms with Crippen LogP contribution in [0.2, 0.25) is 0 Å². The Balaban J connectivity index is 1.30. The molecule has 0 aliphatic carbocycles. The van der Waals surface area contributed by atoms with Crippen LogP contribution in [0.1, 0.15) is 49.9 Å². The van der Waals surface area contributed by atoms with Crippen LogP contribution in [-0.4, -0.2) is 57.3 Å². The molecule has 0 atom stereocenters. The summed E-state index contributed by atoms with van der Waals surface area (Å²) < 4.78 is 19.3. The number of benzene rings is 3. The van der Waals surface area contributed by atoms with E-state index in [1.54, 1.807) is 9.58 Å². The Labute approximate surface area is 251 Å². The Morgan fingerprint density at radius 1 is 0.884 bits per heavy atom. The topological polar surface area (TPSA) is 95.5 Å². The summed E-state index contributed by atoms with van der Waals surface area (Å²) in [6.07, 6.45) is 0.666. The molecule has 0 saturated carbocycles. The number of carbonyl (C=O) groups is 1. The van der Waals surface area contributed by atoms with Crippen LogP contribution >= 0.6 is 0 Å². The molecular formula is C34H35N5O4. The molecule has 6 rings (SSSR count). The fourth-order valence-corrected chi connectivity index (χ4v) is 5.63. The fraction of sp³-hybridized carbons (Fsp3) is 0.294. The van der Waals surface area contributed by atoms with E-state index < -0.39 is 0 Å². The third-order valence-electron chi connectivity index (χ3n) is 7.86. The molecule has 220 valence electrons. The van der Waals surface area contributed by atoms with Crippen molar-refractivity contribution in [3.8, 4) is 22.6 Å². The van der Waals surface area contributed by atoms with Gasteiger partial charge in [0.15, 0.2) is 5.69 Å². The van der Waals surface area contributed by atoms with Gasteiger partial charge in [-0.2, -0.15) is 0 Å². The molecule has 1 aliphatic rings. The molecule has 0 unspecified atom stereocenters. The van der Waals surface area contributed by atoms with Crippen molar-refractivity contribution in [1.29, 1.82) is 0 Å². The maximum atomic E-state index is 13.9. The minimum atomic E-state index is -0.177. The van der Waals surface area contributed by atoms with E-state index >= 15 is 0 Å². The van der Waals surface area contributed by atoms with Gasteiger partial charge in [0.1, 0.15) is 18.1 Å². The molecular weight excluding hydrogens is 542 g/mol. The van der Waals surface area contributed by atoms with Crippen LogP contribution in [0.3, 0.4) is 0 Å². The van der Waals surface area contributed by atoms with Crippen molar-refractivity contribution in [1.82, 2.24) is 25.1 Å². The van der Waals surface area contributed by atoms with Gasteiger partial charge in [-0.3, -0.25) is 4.79 Å². The molecule has 3 aromatic carbocycles. The van der Waals surface area contributed by atoms with Gasteiger partial charge in [0, 0.05) is 25.1 Å². The molecule has 1 amide bonds. The molecule has 2 bridgehead atoms. The summed E-state index contributed by atoms with van der Waals surface area (Å²) in [6.45, 7) is 9.79. The quantitative estimate of drug-likeness (QED) is 0.268. The maximum absolute atomic E-state index is 13.9. The lowest BCUT2D eigenvalue weighted by molar-refractivity contribution is 0.0566. The van der Waals surface area contributed by atoms with Crippen LogP contribution in [-0.2, 0) is 17.7 Å². The summed E-state index contributed by atoms with van der Waals surface area (Å²) >= 11 is 0. The summed E-state index contributed by atoms with van der Waals surface area (Å²) in [7, 11) is 0. The zero-order valence-electron chi connectivity index (χ0n) is 25.0. The fourth-order valence-electron chi connectivity index (χ4n) is 5.63. The van der Waals surface area contributed by atoms with Crippen LogP contribution in [0.4, 0.5) is 0 Å². The Bertz CT molecular complexity index is 1750. The lowest BCUT2D eigenvalue weighted by atomic mass is 9.96. The second-order valence-electron chi connectivity index (χ2n) is 10.9. The predicted octanol–water partition coefficient (Wildman–Crippen LogP) is 5.80. The Hall–Kier alpha value is -4.76. The third-order valence-corrected chi connectivity index (χ3v) is 7.86. The molecule has 3 heterocycles. The number of rotatable bonds is 3. The average molecular weight is 578 g/mol. The van der Waals surface area contributed by atoms with Crippen LogP contribution in [0.5, 0.6) is 5.75 Å². The summed E-state index contributed by atoms with van der Waals surface area (Å²) in [4.78, 5) is 15.7. The zero-order chi connectivity index (χ0) is 29.9. The Kier molecular flexibility index (Phi) is 8.07. The van der Waals surface area contributed by atoms with Gasteiger partial charge in [0.25, 0.3) is 5.91 Å². The summed E-state index contributed by atoms with van der Waals surface area (Å²) in [5.74, 6) is 1.43. The average Bonchev–Trinajstić information content (AvgIpc) is 3.55. The van der Waals surface area contributed by atoms with Crippen LogP contribution < -0.4 is 4.74 Å². The second kappa shape index (κ2) is 12.2. The van der Waals surface area contributed by atoms with Crippen molar-refractivity contribution in [2.45, 2.75) is 40.7 Å². The molecule has 0 fully saturated rings. The first-order valence-corrected chi connectivity index (χ1v) is 14.5. The van der Waals surface area contributed by atoms with E-state index in [2.05, 4.69) is 33.7 Å². The molecule has 9 nitrogen and oxygen atoms in total. The SMILES string of the molecule is Cc1ccccc1-n1nnc(C(=O)N2CCOCCOc3ccc(-c4c(C)noc4C)cc3Cc3cccc(c3)C2)c1C. The van der Waals surface area contributed by atoms with Crippen molar-refractivity contribution < 1.29 is 18.8 Å². The van der Waals surface area contributed by atoms with Gasteiger partial charge in [0.2, 0.25) is 0 Å². The van der Waals surface area contributed by atoms with Crippen molar-refractivity contribution in [2.75, 3.05) is 26.4 Å². The van der Waals surface area contributed by atoms with E-state index in [4.69, 9.17) is 14.0 Å². The maximum Gasteiger partial charge on any atom is 0.276 e. The lowest BCUT2D eigenvalue weighted by Crippen LogP contribution is -2.34. The minimum absolute atomic E-state index is 0.177. The Morgan fingerprint density at radius 3 is 2.53 bits per heavy atom. The van der Waals surface area contributed by atoms with E-state index in [1.807, 2.05) is 76.2 Å². The smallest absolute Gasteiger partial charge is 0.276 e. The number of fused-ring (bicyclic) bond motifs is 3. The number of para-hydroxylation sites is 1. The molecule has 1 aliphatic heterocycles. The van der Waals surface area contributed by atoms with Gasteiger partial charge in [-0.25, -0.2) is 4.68 Å². The molecule has 0 spiro atoms. The van der Waals surface area contributed by atoms with E-state index in [-0.39, 0.29) is 5.91 Å². The highest BCUT2D eigenvalue weighted by atomic mass is 16.5. The molecule has 0 saturated heterocycles. The largest absolute Gasteiger partial charge is 0.491 e. The van der Waals surface area contributed by atoms with Gasteiger partial charge in [-0.15, -0.1) is 5.10 Å². The van der Waals surface area contributed by atoms with E-state index in [9.17, 15) is 4.79 Å². The highest BCUT2D eigenvalue weighted by Crippen LogP contribution is 2.32. The number of aryl methyl sites for hydroxylation is 3. The first kappa shape index (κ1) is 28.4. The molecule has 0 N–H and O–H groups in total. The highest BCUT2D eigenvalue weighted by molar-refractivity contribution is 5.93. The number of ether oxygens (including phenoxy) is 2. The summed E-state index contributed by atoms with van der Waals surface area (Å²) in [5.41, 5.74) is 9.11. The second-order valence-corrected chi connectivity index (χ2v) is 10.9. The summed E-state index contributed by atoms with van der Waals surface area (Å²) in [6, 6.07) is 22.5. The molecule has 9 heteroatoms. The van der Waals surface area contributed by atoms with Crippen LogP contribution in [0.25, 0.3) is 16.8 Å². The van der Waals surface area contributed by atoms with E-state index in [1.165, 1.54) is 0 Å². The Morgan fingerprint density at radius 2 is 1.72 bits per heavy atom. The normalized spacial score (nSPS) is 14.1. The first-order chi connectivity index (χ1) is 20.9. The molecule has 5 aromatic rings. The third kappa shape index (κ3) is 5.94. The van der Waals surface area contributed by atoms with Crippen molar-refractivity contribution in [3.05, 3.63) is 112 Å². The predicted molar refractivity (Wildman–Crippen MR) is 163 cm³/mol. The standard InChI is InChI=1S/C34H35N5O4/c1-22-8-5-6-11-30(22)39-24(3)33(35-37-39)34(40)38-14-15-41-16-17-42-31-13-12-28(32-23(2)36-43-25(32)4)20-29(31)19-26-9-7-10-27(18-26)21-38/h5-13,18,20H,14-17,19,21H2,1-4H3. The molecule has 2 aromatic heterocycles. The van der Waals surface area contributed by atoms with Crippen LogP contribution in [0, 0.1) is 27.7 Å². The van der Waals surface area contributed by atoms with Crippen LogP contribution in [0.15, 0.2) is 71.3 Å². The van der Waals surface area contributed by atoms with Crippen molar-refractivity contribution in [3.63, 3.8) is 0 Å². The first-order valence-electron chi connectivity index (χ1n) is 14.5. The lowest BCUT2D eigenvalue weighted by Gasteiger charge is -2.23. The highest BCUT2D eigenvalue weighted by Gasteiger charge is 2.24. The summed E-state index contributed by atoms with van der Waals surface area (Å²) in [5, 5.41) is 12.8. The number of nitrogens with zero attached hydrogens (tertiary/aromatic N) is 5. The number of aromatic nitrogens is 4. The van der Waals surface area contributed by atoms with Gasteiger partial charge in [-0.05, 0) is 73.7 Å². The monoisotopic (exact) mass is 577 g/mol. The van der Waals surface area contributed by atoms with Gasteiger partial charge >= 0.3 is 0 Å². The number of carbonyl (C=O) groups excluding carboxylic acids is 1. The number of amides is 1. The molecule has 0 radical (unpaired) electrons. The van der Waals surface area contributed by atoms with Gasteiger partial charge < -0.3 is 18.9 Å². The van der Waals surface area contributed by atoms with Gasteiger partial charge in [0.05, 0.1) is 30.3 Å². The number of hydrogen-bond donors (Lipinski definition) is 0. The van der Waals surface area contributed by atoms with Crippen molar-refractivity contribution in [2.24, 2.45) is 0 Å². The van der Waals surface area contributed by atoms with Crippen molar-refractivity contribution >= 4 is 5.91 Å². The van der Waals surface area contributed by atoms with Gasteiger partial charge in [-0.1, -0.05) is 58.9 Å².